The summed E-state index contributed by atoms with van der Waals surface area (Å²) in [6, 6.07) is 7.31. The van der Waals surface area contributed by atoms with E-state index in [4.69, 9.17) is 19.5 Å². The Balaban J connectivity index is 2.50. The lowest BCUT2D eigenvalue weighted by atomic mass is 10.0. The quantitative estimate of drug-likeness (QED) is 0.406. The summed E-state index contributed by atoms with van der Waals surface area (Å²) < 4.78 is 31.6. The van der Waals surface area contributed by atoms with Gasteiger partial charge in [0.2, 0.25) is 5.88 Å². The van der Waals surface area contributed by atoms with Gasteiger partial charge in [-0.15, -0.1) is 0 Å². The first-order chi connectivity index (χ1) is 12.5. The Hall–Kier alpha value is -1.32. The van der Waals surface area contributed by atoms with Gasteiger partial charge >= 0.3 is 7.60 Å². The van der Waals surface area contributed by atoms with E-state index in [0.29, 0.717) is 24.5 Å². The van der Waals surface area contributed by atoms with Crippen molar-refractivity contribution < 1.29 is 18.3 Å². The number of fused-ring (bicyclic) bond motifs is 1. The number of unbranched alkanes of at least 4 members (excludes halogenated alkanes) is 2. The number of hydrogen-bond donors (Lipinski definition) is 1. The predicted molar refractivity (Wildman–Crippen MR) is 104 cm³/mol. The van der Waals surface area contributed by atoms with Gasteiger partial charge in [0.1, 0.15) is 23.1 Å². The van der Waals surface area contributed by atoms with Crippen LogP contribution in [-0.2, 0) is 13.6 Å². The van der Waals surface area contributed by atoms with Crippen LogP contribution in [0.2, 0.25) is 0 Å². The second kappa shape index (κ2) is 9.57. The van der Waals surface area contributed by atoms with Crippen LogP contribution < -0.4 is 10.5 Å². The number of nitrogens with two attached hydrogens (primary N) is 1. The van der Waals surface area contributed by atoms with E-state index in [1.54, 1.807) is 18.2 Å². The SMILES string of the molecule is CCCCOP(=O)(OCCCC)C1C(C#N)=C(N)Oc2ccc(Br)cc21. The van der Waals surface area contributed by atoms with Crippen molar-refractivity contribution in [1.82, 2.24) is 0 Å². The topological polar surface area (TPSA) is 94.6 Å². The van der Waals surface area contributed by atoms with Gasteiger partial charge in [-0.3, -0.25) is 4.57 Å². The molecule has 1 atom stereocenters. The van der Waals surface area contributed by atoms with Gasteiger partial charge in [-0.1, -0.05) is 42.6 Å². The number of nitrogens with zero attached hydrogens (tertiary/aromatic N) is 1. The predicted octanol–water partition coefficient (Wildman–Crippen LogP) is 5.40. The minimum absolute atomic E-state index is 0.0641. The Bertz CT molecular complexity index is 746. The molecule has 6 nitrogen and oxygen atoms in total. The van der Waals surface area contributed by atoms with Crippen LogP contribution in [0.5, 0.6) is 5.75 Å². The zero-order valence-electron chi connectivity index (χ0n) is 15.0. The fourth-order valence-corrected chi connectivity index (χ4v) is 5.16. The molecule has 0 saturated heterocycles. The molecule has 0 fully saturated rings. The van der Waals surface area contributed by atoms with E-state index >= 15 is 0 Å². The molecule has 0 spiro atoms. The van der Waals surface area contributed by atoms with E-state index in [1.807, 2.05) is 19.9 Å². The van der Waals surface area contributed by atoms with E-state index in [9.17, 15) is 9.83 Å². The highest BCUT2D eigenvalue weighted by Gasteiger charge is 2.45. The highest BCUT2D eigenvalue weighted by molar-refractivity contribution is 9.10. The van der Waals surface area contributed by atoms with Crippen molar-refractivity contribution in [3.05, 3.63) is 39.7 Å². The first-order valence-corrected chi connectivity index (χ1v) is 11.1. The largest absolute Gasteiger partial charge is 0.440 e. The van der Waals surface area contributed by atoms with Crippen molar-refractivity contribution in [3.63, 3.8) is 0 Å². The van der Waals surface area contributed by atoms with Crippen molar-refractivity contribution in [2.45, 2.75) is 45.2 Å². The summed E-state index contributed by atoms with van der Waals surface area (Å²) >= 11 is 3.41. The highest BCUT2D eigenvalue weighted by atomic mass is 79.9. The van der Waals surface area contributed by atoms with Gasteiger partial charge in [-0.05, 0) is 31.0 Å². The molecule has 1 heterocycles. The number of allylic oxidation sites excluding steroid dienone is 1. The average molecular weight is 443 g/mol. The number of halogens is 1. The Morgan fingerprint density at radius 3 is 2.42 bits per heavy atom. The van der Waals surface area contributed by atoms with Crippen LogP contribution in [0.25, 0.3) is 0 Å². The summed E-state index contributed by atoms with van der Waals surface area (Å²) in [5.74, 6) is 0.388. The second-order valence-corrected chi connectivity index (χ2v) is 9.02. The molecule has 0 saturated carbocycles. The summed E-state index contributed by atoms with van der Waals surface area (Å²) in [6.07, 6.45) is 3.29. The van der Waals surface area contributed by atoms with Crippen molar-refractivity contribution in [3.8, 4) is 11.8 Å². The first-order valence-electron chi connectivity index (χ1n) is 8.72. The van der Waals surface area contributed by atoms with E-state index < -0.39 is 13.3 Å². The Morgan fingerprint density at radius 1 is 1.27 bits per heavy atom. The lowest BCUT2D eigenvalue weighted by Gasteiger charge is -2.31. The van der Waals surface area contributed by atoms with Gasteiger partial charge in [0.15, 0.2) is 0 Å². The van der Waals surface area contributed by atoms with Gasteiger partial charge < -0.3 is 19.5 Å². The normalized spacial score (nSPS) is 16.8. The van der Waals surface area contributed by atoms with E-state index in [1.165, 1.54) is 0 Å². The van der Waals surface area contributed by atoms with Crippen molar-refractivity contribution in [1.29, 1.82) is 5.26 Å². The van der Waals surface area contributed by atoms with Crippen LogP contribution in [0.4, 0.5) is 0 Å². The Morgan fingerprint density at radius 2 is 1.88 bits per heavy atom. The summed E-state index contributed by atoms with van der Waals surface area (Å²) in [4.78, 5) is 0. The molecule has 2 rings (SSSR count). The number of ether oxygens (including phenoxy) is 1. The monoisotopic (exact) mass is 442 g/mol. The number of rotatable bonds is 9. The minimum Gasteiger partial charge on any atom is -0.440 e. The molecule has 1 aromatic rings. The Labute approximate surface area is 163 Å². The van der Waals surface area contributed by atoms with Crippen molar-refractivity contribution in [2.75, 3.05) is 13.2 Å². The van der Waals surface area contributed by atoms with E-state index in [-0.39, 0.29) is 11.5 Å². The molecule has 2 N–H and O–H groups in total. The lowest BCUT2D eigenvalue weighted by molar-refractivity contribution is 0.193. The maximum absolute atomic E-state index is 13.8. The van der Waals surface area contributed by atoms with Gasteiger partial charge in [0.05, 0.1) is 13.2 Å². The zero-order valence-corrected chi connectivity index (χ0v) is 17.5. The molecule has 1 aliphatic heterocycles. The molecule has 1 unspecified atom stereocenters. The summed E-state index contributed by atoms with van der Waals surface area (Å²) in [6.45, 7) is 4.62. The third-order valence-corrected chi connectivity index (χ3v) is 6.75. The summed E-state index contributed by atoms with van der Waals surface area (Å²) in [5.41, 5.74) is 5.68. The summed E-state index contributed by atoms with van der Waals surface area (Å²) in [7, 11) is -3.68. The third kappa shape index (κ3) is 4.69. The van der Waals surface area contributed by atoms with E-state index in [0.717, 1.165) is 30.2 Å². The maximum atomic E-state index is 13.8. The third-order valence-electron chi connectivity index (χ3n) is 4.00. The Kier molecular flexibility index (Phi) is 7.72. The van der Waals surface area contributed by atoms with E-state index in [2.05, 4.69) is 15.9 Å². The molecule has 26 heavy (non-hydrogen) atoms. The highest BCUT2D eigenvalue weighted by Crippen LogP contribution is 2.66. The summed E-state index contributed by atoms with van der Waals surface area (Å²) in [5, 5.41) is 9.62. The zero-order chi connectivity index (χ0) is 19.2. The van der Waals surface area contributed by atoms with Gasteiger partial charge in [-0.25, -0.2) is 0 Å². The molecule has 0 amide bonds. The number of benzene rings is 1. The molecular formula is C18H24BrN2O4P. The van der Waals surface area contributed by atoms with Crippen LogP contribution in [-0.4, -0.2) is 13.2 Å². The molecule has 0 aromatic heterocycles. The molecule has 0 radical (unpaired) electrons. The molecule has 142 valence electrons. The molecule has 1 aliphatic rings. The fraction of sp³-hybridized carbons (Fsp3) is 0.500. The van der Waals surface area contributed by atoms with Gasteiger partial charge in [0, 0.05) is 10.0 Å². The lowest BCUT2D eigenvalue weighted by Crippen LogP contribution is -2.22. The van der Waals surface area contributed by atoms with Crippen molar-refractivity contribution in [2.24, 2.45) is 5.73 Å². The molecule has 1 aromatic carbocycles. The molecular weight excluding hydrogens is 419 g/mol. The van der Waals surface area contributed by atoms with Crippen LogP contribution in [0.15, 0.2) is 34.1 Å². The molecule has 8 heteroatoms. The fourth-order valence-electron chi connectivity index (χ4n) is 2.59. The van der Waals surface area contributed by atoms with Crippen LogP contribution >= 0.6 is 23.5 Å². The standard InChI is InChI=1S/C18H24BrN2O4P/c1-3-5-9-23-26(22,24-10-6-4-2)17-14-11-13(19)7-8-16(14)25-18(21)15(17)12-20/h7-8,11,17H,3-6,9-10,21H2,1-2H3. The molecule has 0 bridgehead atoms. The van der Waals surface area contributed by atoms with Gasteiger partial charge in [-0.2, -0.15) is 5.26 Å². The van der Waals surface area contributed by atoms with Crippen LogP contribution in [0.3, 0.4) is 0 Å². The minimum atomic E-state index is -3.68. The van der Waals surface area contributed by atoms with Gasteiger partial charge in [0.25, 0.3) is 0 Å². The van der Waals surface area contributed by atoms with Crippen LogP contribution in [0, 0.1) is 11.3 Å². The number of nitriles is 1. The van der Waals surface area contributed by atoms with Crippen LogP contribution in [0.1, 0.15) is 50.8 Å². The number of hydrogen-bond acceptors (Lipinski definition) is 6. The molecule has 0 aliphatic carbocycles. The van der Waals surface area contributed by atoms with Crippen molar-refractivity contribution >= 4 is 23.5 Å². The first kappa shape index (κ1) is 21.0. The maximum Gasteiger partial charge on any atom is 0.343 e. The average Bonchev–Trinajstić information content (AvgIpc) is 2.61. The second-order valence-electron chi connectivity index (χ2n) is 5.99. The smallest absolute Gasteiger partial charge is 0.343 e.